The van der Waals surface area contributed by atoms with E-state index in [1.165, 1.54) is 13.0 Å². The van der Waals surface area contributed by atoms with E-state index in [0.29, 0.717) is 88.6 Å². The summed E-state index contributed by atoms with van der Waals surface area (Å²) < 4.78 is 15.0. The Bertz CT molecular complexity index is 986. The predicted molar refractivity (Wildman–Crippen MR) is 128 cm³/mol. The largest absolute Gasteiger partial charge is 0.390 e. The van der Waals surface area contributed by atoms with E-state index in [1.807, 2.05) is 15.9 Å². The monoisotopic (exact) mass is 488 g/mol. The Labute approximate surface area is 204 Å². The van der Waals surface area contributed by atoms with Gasteiger partial charge in [0.25, 0.3) is 0 Å². The van der Waals surface area contributed by atoms with Gasteiger partial charge in [-0.15, -0.1) is 0 Å². The number of halogens is 1. The van der Waals surface area contributed by atoms with E-state index in [9.17, 15) is 18.8 Å². The van der Waals surface area contributed by atoms with E-state index in [0.717, 1.165) is 0 Å². The van der Waals surface area contributed by atoms with Crippen LogP contribution in [-0.4, -0.2) is 91.7 Å². The van der Waals surface area contributed by atoms with Crippen LogP contribution in [0.25, 0.3) is 0 Å². The Kier molecular flexibility index (Phi) is 7.84. The Morgan fingerprint density at radius 2 is 1.86 bits per heavy atom. The van der Waals surface area contributed by atoms with E-state index in [2.05, 4.69) is 15.4 Å². The first-order valence-corrected chi connectivity index (χ1v) is 12.1. The van der Waals surface area contributed by atoms with Crippen molar-refractivity contribution in [2.45, 2.75) is 32.3 Å². The standard InChI is InChI=1S/C24H33FN6O4/c1-16(32)27-14-19-13-21(28-35-19)18-2-3-22(20(25)12-18)30-8-10-31(11-9-30)23(33)15-29-6-4-17(5-7-29)24(26)34/h2-3,12,17,19H,4-11,13-15H2,1H3,(H2,26,34)(H,27,32). The van der Waals surface area contributed by atoms with Gasteiger partial charge in [0.15, 0.2) is 0 Å². The summed E-state index contributed by atoms with van der Waals surface area (Å²) in [5.74, 6) is -0.768. The molecule has 3 aliphatic rings. The molecule has 4 rings (SSSR count). The van der Waals surface area contributed by atoms with Crippen molar-refractivity contribution in [1.29, 1.82) is 0 Å². The molecule has 3 heterocycles. The summed E-state index contributed by atoms with van der Waals surface area (Å²) in [6, 6.07) is 5.04. The second-order valence-corrected chi connectivity index (χ2v) is 9.39. The molecular weight excluding hydrogens is 455 g/mol. The van der Waals surface area contributed by atoms with E-state index in [4.69, 9.17) is 10.6 Å². The number of nitrogens with one attached hydrogen (secondary N) is 1. The minimum atomic E-state index is -0.340. The molecular formula is C24H33FN6O4. The lowest BCUT2D eigenvalue weighted by atomic mass is 9.96. The number of piperazine rings is 1. The highest BCUT2D eigenvalue weighted by Gasteiger charge is 2.28. The normalized spacial score (nSPS) is 21.4. The molecule has 2 saturated heterocycles. The van der Waals surface area contributed by atoms with Crippen molar-refractivity contribution < 1.29 is 23.6 Å². The summed E-state index contributed by atoms with van der Waals surface area (Å²) in [4.78, 5) is 46.3. The number of carbonyl (C=O) groups is 3. The number of piperidine rings is 1. The maximum atomic E-state index is 15.0. The average Bonchev–Trinajstić information content (AvgIpc) is 3.32. The van der Waals surface area contributed by atoms with Crippen LogP contribution in [0.3, 0.4) is 0 Å². The Morgan fingerprint density at radius 1 is 1.14 bits per heavy atom. The maximum absolute atomic E-state index is 15.0. The van der Waals surface area contributed by atoms with Crippen LogP contribution in [0.1, 0.15) is 31.7 Å². The number of nitrogens with zero attached hydrogens (tertiary/aromatic N) is 4. The lowest BCUT2D eigenvalue weighted by molar-refractivity contribution is -0.133. The summed E-state index contributed by atoms with van der Waals surface area (Å²) in [6.07, 6.45) is 1.64. The van der Waals surface area contributed by atoms with Crippen LogP contribution in [-0.2, 0) is 19.2 Å². The molecule has 190 valence electrons. The molecule has 0 spiro atoms. The number of benzene rings is 1. The number of rotatable bonds is 7. The molecule has 10 nitrogen and oxygen atoms in total. The molecule has 0 bridgehead atoms. The zero-order valence-electron chi connectivity index (χ0n) is 20.0. The number of likely N-dealkylation sites (tertiary alicyclic amines) is 1. The molecule has 1 atom stereocenters. The molecule has 2 fully saturated rings. The molecule has 0 radical (unpaired) electrons. The van der Waals surface area contributed by atoms with Gasteiger partial charge in [0.1, 0.15) is 11.9 Å². The number of primary amides is 1. The zero-order valence-corrected chi connectivity index (χ0v) is 20.0. The van der Waals surface area contributed by atoms with Gasteiger partial charge < -0.3 is 25.7 Å². The van der Waals surface area contributed by atoms with Crippen molar-refractivity contribution in [3.05, 3.63) is 29.6 Å². The second kappa shape index (κ2) is 11.0. The van der Waals surface area contributed by atoms with Gasteiger partial charge in [-0.05, 0) is 38.1 Å². The molecule has 3 aliphatic heterocycles. The number of hydrogen-bond acceptors (Lipinski definition) is 7. The first-order chi connectivity index (χ1) is 16.8. The molecule has 0 saturated carbocycles. The minimum Gasteiger partial charge on any atom is -0.390 e. The number of oxime groups is 1. The zero-order chi connectivity index (χ0) is 24.9. The molecule has 3 amide bonds. The summed E-state index contributed by atoms with van der Waals surface area (Å²) in [7, 11) is 0. The highest BCUT2D eigenvalue weighted by Crippen LogP contribution is 2.25. The van der Waals surface area contributed by atoms with Gasteiger partial charge in [-0.3, -0.25) is 19.3 Å². The van der Waals surface area contributed by atoms with Crippen LogP contribution in [0.4, 0.5) is 10.1 Å². The fourth-order valence-corrected chi connectivity index (χ4v) is 4.77. The van der Waals surface area contributed by atoms with Gasteiger partial charge >= 0.3 is 0 Å². The number of nitrogens with two attached hydrogens (primary N) is 1. The molecule has 1 aromatic carbocycles. The van der Waals surface area contributed by atoms with Gasteiger partial charge in [-0.1, -0.05) is 11.2 Å². The highest BCUT2D eigenvalue weighted by atomic mass is 19.1. The van der Waals surface area contributed by atoms with Gasteiger partial charge in [-0.2, -0.15) is 0 Å². The van der Waals surface area contributed by atoms with Crippen molar-refractivity contribution in [3.63, 3.8) is 0 Å². The molecule has 3 N–H and O–H groups in total. The number of amides is 3. The Balaban J connectivity index is 1.25. The average molecular weight is 489 g/mol. The van der Waals surface area contributed by atoms with Crippen LogP contribution >= 0.6 is 0 Å². The van der Waals surface area contributed by atoms with E-state index in [-0.39, 0.29) is 35.6 Å². The summed E-state index contributed by atoms with van der Waals surface area (Å²) >= 11 is 0. The molecule has 0 aromatic heterocycles. The van der Waals surface area contributed by atoms with E-state index >= 15 is 0 Å². The third-order valence-corrected chi connectivity index (χ3v) is 6.91. The van der Waals surface area contributed by atoms with Gasteiger partial charge in [0, 0.05) is 51.0 Å². The SMILES string of the molecule is CC(=O)NCC1CC(c2ccc(N3CCN(C(=O)CN4CCC(C(N)=O)CC4)CC3)c(F)c2)=NO1. The van der Waals surface area contributed by atoms with Crippen LogP contribution in [0.2, 0.25) is 0 Å². The third kappa shape index (κ3) is 6.27. The van der Waals surface area contributed by atoms with Crippen molar-refractivity contribution in [3.8, 4) is 0 Å². The Morgan fingerprint density at radius 3 is 2.49 bits per heavy atom. The highest BCUT2D eigenvalue weighted by molar-refractivity contribution is 6.01. The van der Waals surface area contributed by atoms with Gasteiger partial charge in [0.05, 0.1) is 24.5 Å². The van der Waals surface area contributed by atoms with Gasteiger partial charge in [-0.25, -0.2) is 4.39 Å². The van der Waals surface area contributed by atoms with Crippen LogP contribution in [0.15, 0.2) is 23.4 Å². The summed E-state index contributed by atoms with van der Waals surface area (Å²) in [5, 5.41) is 6.75. The number of anilines is 1. The van der Waals surface area contributed by atoms with E-state index in [1.54, 1.807) is 6.07 Å². The first kappa shape index (κ1) is 24.9. The molecule has 0 aliphatic carbocycles. The second-order valence-electron chi connectivity index (χ2n) is 9.39. The topological polar surface area (TPSA) is 121 Å². The van der Waals surface area contributed by atoms with E-state index < -0.39 is 0 Å². The summed E-state index contributed by atoms with van der Waals surface area (Å²) in [5.41, 5.74) is 7.20. The smallest absolute Gasteiger partial charge is 0.236 e. The lowest BCUT2D eigenvalue weighted by Gasteiger charge is -2.38. The van der Waals surface area contributed by atoms with Crippen molar-refractivity contribution >= 4 is 29.1 Å². The first-order valence-electron chi connectivity index (χ1n) is 12.1. The fourth-order valence-electron chi connectivity index (χ4n) is 4.77. The van der Waals surface area contributed by atoms with Crippen LogP contribution < -0.4 is 16.0 Å². The molecule has 35 heavy (non-hydrogen) atoms. The van der Waals surface area contributed by atoms with Crippen LogP contribution in [0, 0.1) is 11.7 Å². The maximum Gasteiger partial charge on any atom is 0.236 e. The van der Waals surface area contributed by atoms with Crippen LogP contribution in [0.5, 0.6) is 0 Å². The molecule has 11 heteroatoms. The van der Waals surface area contributed by atoms with Crippen molar-refractivity contribution in [2.24, 2.45) is 16.8 Å². The fraction of sp³-hybridized carbons (Fsp3) is 0.583. The van der Waals surface area contributed by atoms with Gasteiger partial charge in [0.2, 0.25) is 17.7 Å². The number of hydrogen-bond donors (Lipinski definition) is 2. The minimum absolute atomic E-state index is 0.0612. The quantitative estimate of drug-likeness (QED) is 0.570. The number of carbonyl (C=O) groups excluding carboxylic acids is 3. The predicted octanol–water partition coefficient (Wildman–Crippen LogP) is 0.301. The molecule has 1 unspecified atom stereocenters. The van der Waals surface area contributed by atoms with Crippen molar-refractivity contribution in [1.82, 2.24) is 15.1 Å². The third-order valence-electron chi connectivity index (χ3n) is 6.91. The summed E-state index contributed by atoms with van der Waals surface area (Å²) in [6.45, 7) is 5.69. The van der Waals surface area contributed by atoms with Crippen molar-refractivity contribution in [2.75, 3.05) is 57.3 Å². The molecule has 1 aromatic rings. The lowest BCUT2D eigenvalue weighted by Crippen LogP contribution is -2.52. The Hall–Kier alpha value is -3.21.